The van der Waals surface area contributed by atoms with Crippen LogP contribution in [0.3, 0.4) is 0 Å². The molecule has 12 heavy (non-hydrogen) atoms. The Balaban J connectivity index is 2.79. The molecule has 0 spiro atoms. The van der Waals surface area contributed by atoms with Gasteiger partial charge in [0.25, 0.3) is 0 Å². The van der Waals surface area contributed by atoms with Crippen molar-refractivity contribution >= 4 is 11.6 Å². The second-order valence-electron chi connectivity index (χ2n) is 2.52. The zero-order valence-corrected chi connectivity index (χ0v) is 7.33. The minimum absolute atomic E-state index is 0.0619. The molecule has 1 heterocycles. The molecule has 0 radical (unpaired) electrons. The van der Waals surface area contributed by atoms with Crippen LogP contribution >= 0.6 is 11.6 Å². The van der Waals surface area contributed by atoms with Gasteiger partial charge in [0.2, 0.25) is 0 Å². The zero-order valence-electron chi connectivity index (χ0n) is 6.57. The Labute approximate surface area is 76.2 Å². The van der Waals surface area contributed by atoms with Crippen LogP contribution < -0.4 is 5.73 Å². The lowest BCUT2D eigenvalue weighted by molar-refractivity contribution is 0.276. The molecule has 0 saturated carbocycles. The molecule has 0 aromatic carbocycles. The van der Waals surface area contributed by atoms with E-state index in [2.05, 4.69) is 4.98 Å². The zero-order chi connectivity index (χ0) is 8.97. The van der Waals surface area contributed by atoms with E-state index in [1.165, 1.54) is 0 Å². The molecule has 3 N–H and O–H groups in total. The number of halogens is 1. The molecule has 3 nitrogen and oxygen atoms in total. The molecular formula is C8H11ClN2O. The molecule has 4 heteroatoms. The third kappa shape index (κ3) is 2.17. The van der Waals surface area contributed by atoms with Crippen molar-refractivity contribution in [3.8, 4) is 0 Å². The van der Waals surface area contributed by atoms with Crippen molar-refractivity contribution in [1.82, 2.24) is 4.98 Å². The van der Waals surface area contributed by atoms with Crippen molar-refractivity contribution < 1.29 is 5.11 Å². The van der Waals surface area contributed by atoms with Crippen LogP contribution in [0.1, 0.15) is 18.0 Å². The Bertz CT molecular complexity index is 255. The maximum Gasteiger partial charge on any atom is 0.0484 e. The lowest BCUT2D eigenvalue weighted by atomic mass is 10.1. The Kier molecular flexibility index (Phi) is 3.47. The van der Waals surface area contributed by atoms with Crippen molar-refractivity contribution in [2.75, 3.05) is 6.61 Å². The minimum Gasteiger partial charge on any atom is -0.396 e. The standard InChI is InChI=1S/C8H11ClN2O/c9-7-1-3-11-5-6(7)8(10)2-4-12/h1,3,5,8,12H,2,4,10H2. The summed E-state index contributed by atoms with van der Waals surface area (Å²) in [6.45, 7) is 0.0619. The highest BCUT2D eigenvalue weighted by molar-refractivity contribution is 6.31. The summed E-state index contributed by atoms with van der Waals surface area (Å²) in [7, 11) is 0. The average molecular weight is 187 g/mol. The van der Waals surface area contributed by atoms with Crippen LogP contribution in [0.5, 0.6) is 0 Å². The summed E-state index contributed by atoms with van der Waals surface area (Å²) in [5.74, 6) is 0. The molecule has 1 atom stereocenters. The number of rotatable bonds is 3. The van der Waals surface area contributed by atoms with Gasteiger partial charge in [-0.1, -0.05) is 11.6 Å². The predicted octanol–water partition coefficient (Wildman–Crippen LogP) is 1.12. The summed E-state index contributed by atoms with van der Waals surface area (Å²) in [4.78, 5) is 3.90. The molecule has 0 saturated heterocycles. The molecule has 0 amide bonds. The summed E-state index contributed by atoms with van der Waals surface area (Å²) >= 11 is 5.85. The van der Waals surface area contributed by atoms with E-state index >= 15 is 0 Å². The highest BCUT2D eigenvalue weighted by Crippen LogP contribution is 2.21. The molecule has 66 valence electrons. The van der Waals surface area contributed by atoms with Gasteiger partial charge in [0, 0.05) is 35.6 Å². The maximum absolute atomic E-state index is 8.65. The largest absolute Gasteiger partial charge is 0.396 e. The number of nitrogens with zero attached hydrogens (tertiary/aromatic N) is 1. The van der Waals surface area contributed by atoms with E-state index in [0.29, 0.717) is 11.4 Å². The van der Waals surface area contributed by atoms with Gasteiger partial charge in [-0.05, 0) is 12.5 Å². The smallest absolute Gasteiger partial charge is 0.0484 e. The lowest BCUT2D eigenvalue weighted by Crippen LogP contribution is -2.12. The van der Waals surface area contributed by atoms with E-state index < -0.39 is 0 Å². The van der Waals surface area contributed by atoms with Crippen LogP contribution in [0.4, 0.5) is 0 Å². The summed E-state index contributed by atoms with van der Waals surface area (Å²) in [5, 5.41) is 9.25. The summed E-state index contributed by atoms with van der Waals surface area (Å²) < 4.78 is 0. The fourth-order valence-electron chi connectivity index (χ4n) is 0.957. The van der Waals surface area contributed by atoms with Gasteiger partial charge in [-0.15, -0.1) is 0 Å². The summed E-state index contributed by atoms with van der Waals surface area (Å²) in [6, 6.07) is 1.46. The Morgan fingerprint density at radius 2 is 2.42 bits per heavy atom. The fraction of sp³-hybridized carbons (Fsp3) is 0.375. The molecule has 0 aliphatic heterocycles. The summed E-state index contributed by atoms with van der Waals surface area (Å²) in [6.07, 6.45) is 3.74. The fourth-order valence-corrected chi connectivity index (χ4v) is 1.20. The molecule has 1 aromatic heterocycles. The first-order valence-electron chi connectivity index (χ1n) is 3.71. The number of aliphatic hydroxyl groups is 1. The molecule has 0 aliphatic rings. The van der Waals surface area contributed by atoms with Gasteiger partial charge in [-0.2, -0.15) is 0 Å². The number of hydrogen-bond donors (Lipinski definition) is 2. The third-order valence-electron chi connectivity index (χ3n) is 1.64. The molecular weight excluding hydrogens is 176 g/mol. The van der Waals surface area contributed by atoms with Crippen LogP contribution in [-0.2, 0) is 0 Å². The number of aliphatic hydroxyl groups excluding tert-OH is 1. The lowest BCUT2D eigenvalue weighted by Gasteiger charge is -2.10. The van der Waals surface area contributed by atoms with E-state index in [1.807, 2.05) is 0 Å². The highest BCUT2D eigenvalue weighted by atomic mass is 35.5. The first kappa shape index (κ1) is 9.45. The Morgan fingerprint density at radius 1 is 1.67 bits per heavy atom. The van der Waals surface area contributed by atoms with Crippen molar-refractivity contribution in [3.05, 3.63) is 29.0 Å². The van der Waals surface area contributed by atoms with Crippen molar-refractivity contribution in [2.45, 2.75) is 12.5 Å². The van der Waals surface area contributed by atoms with Gasteiger partial charge in [-0.3, -0.25) is 4.98 Å². The molecule has 1 unspecified atom stereocenters. The van der Waals surface area contributed by atoms with Gasteiger partial charge in [0.15, 0.2) is 0 Å². The monoisotopic (exact) mass is 186 g/mol. The SMILES string of the molecule is NC(CCO)c1cnccc1Cl. The number of hydrogen-bond acceptors (Lipinski definition) is 3. The molecule has 0 aliphatic carbocycles. The van der Waals surface area contributed by atoms with Crippen LogP contribution in [0.2, 0.25) is 5.02 Å². The topological polar surface area (TPSA) is 59.1 Å². The second kappa shape index (κ2) is 4.40. The normalized spacial score (nSPS) is 12.9. The van der Waals surface area contributed by atoms with Gasteiger partial charge in [0.1, 0.15) is 0 Å². The van der Waals surface area contributed by atoms with Gasteiger partial charge in [-0.25, -0.2) is 0 Å². The molecule has 0 bridgehead atoms. The molecule has 1 rings (SSSR count). The van der Waals surface area contributed by atoms with E-state index in [0.717, 1.165) is 5.56 Å². The number of nitrogens with two attached hydrogens (primary N) is 1. The van der Waals surface area contributed by atoms with Crippen LogP contribution in [0.25, 0.3) is 0 Å². The van der Waals surface area contributed by atoms with Gasteiger partial charge in [0.05, 0.1) is 0 Å². The Morgan fingerprint density at radius 3 is 3.00 bits per heavy atom. The third-order valence-corrected chi connectivity index (χ3v) is 1.98. The van der Waals surface area contributed by atoms with Gasteiger partial charge >= 0.3 is 0 Å². The Hall–Kier alpha value is -0.640. The first-order chi connectivity index (χ1) is 5.75. The number of pyridine rings is 1. The summed E-state index contributed by atoms with van der Waals surface area (Å²) in [5.41, 5.74) is 6.51. The van der Waals surface area contributed by atoms with Crippen LogP contribution in [-0.4, -0.2) is 16.7 Å². The second-order valence-corrected chi connectivity index (χ2v) is 2.92. The van der Waals surface area contributed by atoms with Crippen molar-refractivity contribution in [3.63, 3.8) is 0 Å². The maximum atomic E-state index is 8.65. The van der Waals surface area contributed by atoms with E-state index in [4.69, 9.17) is 22.4 Å². The van der Waals surface area contributed by atoms with Gasteiger partial charge < -0.3 is 10.8 Å². The quantitative estimate of drug-likeness (QED) is 0.744. The van der Waals surface area contributed by atoms with Crippen LogP contribution in [0.15, 0.2) is 18.5 Å². The van der Waals surface area contributed by atoms with Crippen molar-refractivity contribution in [2.24, 2.45) is 5.73 Å². The molecule has 1 aromatic rings. The van der Waals surface area contributed by atoms with E-state index in [9.17, 15) is 0 Å². The minimum atomic E-state index is -0.226. The van der Waals surface area contributed by atoms with Crippen molar-refractivity contribution in [1.29, 1.82) is 0 Å². The van der Waals surface area contributed by atoms with E-state index in [1.54, 1.807) is 18.5 Å². The van der Waals surface area contributed by atoms with Crippen LogP contribution in [0, 0.1) is 0 Å². The molecule has 0 fully saturated rings. The highest BCUT2D eigenvalue weighted by Gasteiger charge is 2.08. The number of aromatic nitrogens is 1. The van der Waals surface area contributed by atoms with E-state index in [-0.39, 0.29) is 12.6 Å². The first-order valence-corrected chi connectivity index (χ1v) is 4.09. The average Bonchev–Trinajstić information content (AvgIpc) is 2.05. The predicted molar refractivity (Wildman–Crippen MR) is 47.9 cm³/mol.